The van der Waals surface area contributed by atoms with Crippen molar-refractivity contribution in [2.24, 2.45) is 11.7 Å². The summed E-state index contributed by atoms with van der Waals surface area (Å²) in [6.45, 7) is 2.83. The molecular formula is C15H20F2N2O2. The van der Waals surface area contributed by atoms with Crippen molar-refractivity contribution in [1.29, 1.82) is 0 Å². The van der Waals surface area contributed by atoms with E-state index >= 15 is 0 Å². The fraction of sp³-hybridized carbons (Fsp3) is 0.533. The highest BCUT2D eigenvalue weighted by Gasteiger charge is 2.30. The van der Waals surface area contributed by atoms with E-state index in [1.165, 1.54) is 6.07 Å². The van der Waals surface area contributed by atoms with Crippen LogP contribution in [0.1, 0.15) is 19.8 Å². The Morgan fingerprint density at radius 1 is 1.48 bits per heavy atom. The number of ether oxygens (including phenoxy) is 1. The molecule has 1 saturated heterocycles. The van der Waals surface area contributed by atoms with Gasteiger partial charge in [0.25, 0.3) is 5.91 Å². The average Bonchev–Trinajstić information content (AvgIpc) is 2.45. The Morgan fingerprint density at radius 3 is 2.90 bits per heavy atom. The van der Waals surface area contributed by atoms with Gasteiger partial charge in [0.15, 0.2) is 18.2 Å². The zero-order chi connectivity index (χ0) is 15.4. The van der Waals surface area contributed by atoms with Crippen LogP contribution in [0.3, 0.4) is 0 Å². The highest BCUT2D eigenvalue weighted by Crippen LogP contribution is 2.23. The average molecular weight is 298 g/mol. The number of carbonyl (C=O) groups is 1. The first-order chi connectivity index (χ1) is 10.0. The van der Waals surface area contributed by atoms with Crippen LogP contribution in [-0.4, -0.2) is 36.5 Å². The van der Waals surface area contributed by atoms with Crippen LogP contribution in [0.2, 0.25) is 0 Å². The van der Waals surface area contributed by atoms with Gasteiger partial charge in [-0.15, -0.1) is 0 Å². The van der Waals surface area contributed by atoms with Crippen LogP contribution in [0.15, 0.2) is 18.2 Å². The summed E-state index contributed by atoms with van der Waals surface area (Å²) >= 11 is 0. The maximum atomic E-state index is 13.4. The molecule has 0 radical (unpaired) electrons. The van der Waals surface area contributed by atoms with E-state index in [0.717, 1.165) is 25.0 Å². The van der Waals surface area contributed by atoms with E-state index in [2.05, 4.69) is 6.92 Å². The van der Waals surface area contributed by atoms with Crippen LogP contribution < -0.4 is 10.5 Å². The summed E-state index contributed by atoms with van der Waals surface area (Å²) in [5.74, 6) is -1.50. The van der Waals surface area contributed by atoms with Crippen molar-refractivity contribution in [1.82, 2.24) is 4.90 Å². The Balaban J connectivity index is 1.97. The maximum absolute atomic E-state index is 13.4. The molecule has 116 valence electrons. The molecule has 1 aliphatic rings. The largest absolute Gasteiger partial charge is 0.481 e. The number of nitrogens with two attached hydrogens (primary N) is 1. The van der Waals surface area contributed by atoms with Gasteiger partial charge in [0, 0.05) is 25.2 Å². The summed E-state index contributed by atoms with van der Waals surface area (Å²) in [5.41, 5.74) is 5.73. The van der Waals surface area contributed by atoms with Gasteiger partial charge in [0.2, 0.25) is 0 Å². The molecular weight excluding hydrogens is 278 g/mol. The molecule has 0 aromatic heterocycles. The topological polar surface area (TPSA) is 55.6 Å². The summed E-state index contributed by atoms with van der Waals surface area (Å²) in [4.78, 5) is 13.9. The van der Waals surface area contributed by atoms with Crippen LogP contribution in [0, 0.1) is 17.6 Å². The first-order valence-corrected chi connectivity index (χ1v) is 7.10. The Kier molecular flexibility index (Phi) is 5.12. The molecule has 2 N–H and O–H groups in total. The minimum absolute atomic E-state index is 0.00656. The predicted molar refractivity (Wildman–Crippen MR) is 74.8 cm³/mol. The van der Waals surface area contributed by atoms with Gasteiger partial charge in [-0.05, 0) is 30.9 Å². The Morgan fingerprint density at radius 2 is 2.24 bits per heavy atom. The molecule has 6 heteroatoms. The second kappa shape index (κ2) is 6.85. The monoisotopic (exact) mass is 298 g/mol. The van der Waals surface area contributed by atoms with Gasteiger partial charge in [0.1, 0.15) is 5.82 Å². The fourth-order valence-electron chi connectivity index (χ4n) is 2.73. The highest BCUT2D eigenvalue weighted by atomic mass is 19.1. The Bertz CT molecular complexity index is 510. The van der Waals surface area contributed by atoms with E-state index in [4.69, 9.17) is 10.5 Å². The highest BCUT2D eigenvalue weighted by molar-refractivity contribution is 5.78. The molecule has 0 bridgehead atoms. The number of benzene rings is 1. The lowest BCUT2D eigenvalue weighted by atomic mass is 9.91. The van der Waals surface area contributed by atoms with E-state index < -0.39 is 11.6 Å². The van der Waals surface area contributed by atoms with E-state index in [1.54, 1.807) is 4.90 Å². The third kappa shape index (κ3) is 3.69. The van der Waals surface area contributed by atoms with Crippen LogP contribution in [0.25, 0.3) is 0 Å². The Hall–Kier alpha value is -1.69. The molecule has 21 heavy (non-hydrogen) atoms. The molecule has 0 saturated carbocycles. The first kappa shape index (κ1) is 15.7. The summed E-state index contributed by atoms with van der Waals surface area (Å²) in [6, 6.07) is 2.99. The van der Waals surface area contributed by atoms with E-state index in [1.807, 2.05) is 0 Å². The minimum Gasteiger partial charge on any atom is -0.481 e. The normalized spacial score (nSPS) is 22.2. The molecule has 4 nitrogen and oxygen atoms in total. The smallest absolute Gasteiger partial charge is 0.260 e. The lowest BCUT2D eigenvalue weighted by molar-refractivity contribution is -0.138. The summed E-state index contributed by atoms with van der Waals surface area (Å²) in [6.07, 6.45) is 1.97. The van der Waals surface area contributed by atoms with Crippen molar-refractivity contribution in [2.45, 2.75) is 25.8 Å². The number of rotatable bonds is 4. The third-order valence-corrected chi connectivity index (χ3v) is 3.92. The number of likely N-dealkylation sites (tertiary alicyclic amines) is 1. The molecule has 1 aromatic rings. The summed E-state index contributed by atoms with van der Waals surface area (Å²) in [5, 5.41) is 0. The van der Waals surface area contributed by atoms with Crippen molar-refractivity contribution in [3.8, 4) is 5.75 Å². The number of nitrogens with zero attached hydrogens (tertiary/aromatic N) is 1. The van der Waals surface area contributed by atoms with E-state index in [-0.39, 0.29) is 24.3 Å². The van der Waals surface area contributed by atoms with E-state index in [9.17, 15) is 13.6 Å². The van der Waals surface area contributed by atoms with Gasteiger partial charge in [-0.3, -0.25) is 4.79 Å². The molecule has 1 heterocycles. The van der Waals surface area contributed by atoms with Crippen LogP contribution in [0.5, 0.6) is 5.75 Å². The van der Waals surface area contributed by atoms with E-state index in [0.29, 0.717) is 19.0 Å². The molecule has 1 aromatic carbocycles. The predicted octanol–water partition coefficient (Wildman–Crippen LogP) is 1.93. The van der Waals surface area contributed by atoms with Gasteiger partial charge >= 0.3 is 0 Å². The standard InChI is InChI=1S/C15H20F2N2O2/c1-10-3-2-6-19(13(10)8-18)15(20)9-21-14-5-4-11(16)7-12(14)17/h4-5,7,10,13H,2-3,6,8-9,18H2,1H3. The number of piperidine rings is 1. The lowest BCUT2D eigenvalue weighted by Crippen LogP contribution is -2.52. The molecule has 0 spiro atoms. The molecule has 1 amide bonds. The SMILES string of the molecule is CC1CCCN(C(=O)COc2ccc(F)cc2F)C1CN. The van der Waals surface area contributed by atoms with Gasteiger partial charge in [-0.1, -0.05) is 6.92 Å². The molecule has 1 fully saturated rings. The second-order valence-corrected chi connectivity index (χ2v) is 5.37. The number of hydrogen-bond donors (Lipinski definition) is 1. The summed E-state index contributed by atoms with van der Waals surface area (Å²) < 4.78 is 31.4. The molecule has 0 aliphatic carbocycles. The fourth-order valence-corrected chi connectivity index (χ4v) is 2.73. The minimum atomic E-state index is -0.815. The van der Waals surface area contributed by atoms with Crippen molar-refractivity contribution >= 4 is 5.91 Å². The third-order valence-electron chi connectivity index (χ3n) is 3.92. The van der Waals surface area contributed by atoms with Gasteiger partial charge in [0.05, 0.1) is 0 Å². The number of amides is 1. The maximum Gasteiger partial charge on any atom is 0.260 e. The summed E-state index contributed by atoms with van der Waals surface area (Å²) in [7, 11) is 0. The zero-order valence-corrected chi connectivity index (χ0v) is 12.0. The Labute approximate surface area is 122 Å². The van der Waals surface area contributed by atoms with Crippen molar-refractivity contribution in [3.05, 3.63) is 29.8 Å². The lowest BCUT2D eigenvalue weighted by Gasteiger charge is -2.39. The van der Waals surface area contributed by atoms with Gasteiger partial charge in [-0.2, -0.15) is 0 Å². The van der Waals surface area contributed by atoms with Crippen molar-refractivity contribution < 1.29 is 18.3 Å². The molecule has 2 rings (SSSR count). The zero-order valence-electron chi connectivity index (χ0n) is 12.0. The van der Waals surface area contributed by atoms with Gasteiger partial charge < -0.3 is 15.4 Å². The van der Waals surface area contributed by atoms with Crippen LogP contribution in [0.4, 0.5) is 8.78 Å². The van der Waals surface area contributed by atoms with Gasteiger partial charge in [-0.25, -0.2) is 8.78 Å². The van der Waals surface area contributed by atoms with Crippen molar-refractivity contribution in [2.75, 3.05) is 19.7 Å². The quantitative estimate of drug-likeness (QED) is 0.924. The van der Waals surface area contributed by atoms with Crippen molar-refractivity contribution in [3.63, 3.8) is 0 Å². The molecule has 1 aliphatic heterocycles. The molecule has 2 unspecified atom stereocenters. The molecule has 2 atom stereocenters. The number of hydrogen-bond acceptors (Lipinski definition) is 3. The van der Waals surface area contributed by atoms with Crippen LogP contribution in [-0.2, 0) is 4.79 Å². The second-order valence-electron chi connectivity index (χ2n) is 5.37. The first-order valence-electron chi connectivity index (χ1n) is 7.10. The van der Waals surface area contributed by atoms with Crippen LogP contribution >= 0.6 is 0 Å². The number of carbonyl (C=O) groups excluding carboxylic acids is 1. The number of halogens is 2.